The van der Waals surface area contributed by atoms with E-state index in [4.69, 9.17) is 15.7 Å². The first-order valence-electron chi connectivity index (χ1n) is 4.89. The maximum absolute atomic E-state index is 11.3. The largest absolute Gasteiger partial charge is 0.409 e. The lowest BCUT2D eigenvalue weighted by molar-refractivity contribution is -0.127. The van der Waals surface area contributed by atoms with Gasteiger partial charge in [0.15, 0.2) is 5.84 Å². The summed E-state index contributed by atoms with van der Waals surface area (Å²) in [6.07, 6.45) is 0.559. The molecule has 1 unspecified atom stereocenters. The van der Waals surface area contributed by atoms with Crippen LogP contribution in [-0.4, -0.2) is 35.7 Å². The van der Waals surface area contributed by atoms with Crippen LogP contribution in [0.25, 0.3) is 0 Å². The van der Waals surface area contributed by atoms with E-state index < -0.39 is 6.04 Å². The first kappa shape index (κ1) is 13.7. The number of nitrogens with zero attached hydrogens (tertiary/aromatic N) is 1. The molecule has 0 radical (unpaired) electrons. The molecule has 4 N–H and O–H groups in total. The summed E-state index contributed by atoms with van der Waals surface area (Å²) in [4.78, 5) is 11.3. The fraction of sp³-hybridized carbons (Fsp3) is 0.778. The molecule has 1 amide bonds. The normalized spacial score (nSPS) is 14.0. The number of oxime groups is 1. The Morgan fingerprint density at radius 1 is 1.60 bits per heavy atom. The van der Waals surface area contributed by atoms with Crippen molar-refractivity contribution in [1.29, 1.82) is 0 Å². The first-order chi connectivity index (χ1) is 7.01. The van der Waals surface area contributed by atoms with Gasteiger partial charge in [-0.2, -0.15) is 0 Å². The Bertz CT molecular complexity index is 229. The number of amides is 1. The second kappa shape index (κ2) is 7.05. The van der Waals surface area contributed by atoms with Crippen LogP contribution >= 0.6 is 0 Å². The van der Waals surface area contributed by atoms with Crippen LogP contribution in [0.1, 0.15) is 27.2 Å². The third kappa shape index (κ3) is 5.90. The molecular weight excluding hydrogens is 198 g/mol. The second-order valence-electron chi connectivity index (χ2n) is 3.41. The highest BCUT2D eigenvalue weighted by atomic mass is 16.5. The molecule has 6 nitrogen and oxygen atoms in total. The van der Waals surface area contributed by atoms with Gasteiger partial charge in [0.1, 0.15) is 6.61 Å². The number of carbonyl (C=O) groups excluding carboxylic acids is 1. The van der Waals surface area contributed by atoms with Gasteiger partial charge in [-0.3, -0.25) is 4.79 Å². The molecule has 0 aliphatic rings. The molecule has 0 saturated carbocycles. The van der Waals surface area contributed by atoms with E-state index in [2.05, 4.69) is 10.5 Å². The van der Waals surface area contributed by atoms with E-state index in [0.29, 0.717) is 6.42 Å². The predicted molar refractivity (Wildman–Crippen MR) is 56.7 cm³/mol. The lowest BCUT2D eigenvalue weighted by atomic mass is 10.2. The predicted octanol–water partition coefficient (Wildman–Crippen LogP) is 0.0526. The summed E-state index contributed by atoms with van der Waals surface area (Å²) in [7, 11) is 0. The maximum Gasteiger partial charge on any atom is 0.246 e. The fourth-order valence-corrected chi connectivity index (χ4v) is 0.933. The summed E-state index contributed by atoms with van der Waals surface area (Å²) in [5.41, 5.74) is 5.38. The van der Waals surface area contributed by atoms with E-state index in [1.165, 1.54) is 0 Å². The van der Waals surface area contributed by atoms with Crippen LogP contribution in [0, 0.1) is 0 Å². The number of ether oxygens (including phenoxy) is 1. The summed E-state index contributed by atoms with van der Waals surface area (Å²) in [5, 5.41) is 13.9. The molecule has 0 aliphatic heterocycles. The lowest BCUT2D eigenvalue weighted by Gasteiger charge is -2.15. The number of carbonyl (C=O) groups is 1. The van der Waals surface area contributed by atoms with Gasteiger partial charge in [-0.15, -0.1) is 0 Å². The molecular formula is C9H19N3O3. The van der Waals surface area contributed by atoms with E-state index >= 15 is 0 Å². The van der Waals surface area contributed by atoms with E-state index in [-0.39, 0.29) is 24.5 Å². The van der Waals surface area contributed by atoms with Crippen molar-refractivity contribution in [3.05, 3.63) is 0 Å². The van der Waals surface area contributed by atoms with Gasteiger partial charge in [0.25, 0.3) is 0 Å². The smallest absolute Gasteiger partial charge is 0.246 e. The van der Waals surface area contributed by atoms with Crippen LogP contribution in [0.3, 0.4) is 0 Å². The number of hydrogen-bond donors (Lipinski definition) is 3. The summed E-state index contributed by atoms with van der Waals surface area (Å²) in [6, 6.07) is -0.446. The van der Waals surface area contributed by atoms with Crippen molar-refractivity contribution in [1.82, 2.24) is 5.32 Å². The molecule has 0 aromatic heterocycles. The Hall–Kier alpha value is -1.30. The second-order valence-corrected chi connectivity index (χ2v) is 3.41. The van der Waals surface area contributed by atoms with E-state index in [9.17, 15) is 4.79 Å². The average Bonchev–Trinajstić information content (AvgIpc) is 2.21. The number of hydrogen-bond acceptors (Lipinski definition) is 4. The molecule has 15 heavy (non-hydrogen) atoms. The van der Waals surface area contributed by atoms with E-state index in [0.717, 1.165) is 0 Å². The van der Waals surface area contributed by atoms with Gasteiger partial charge in [-0.25, -0.2) is 0 Å². The minimum Gasteiger partial charge on any atom is -0.409 e. The molecule has 88 valence electrons. The Labute approximate surface area is 89.5 Å². The van der Waals surface area contributed by atoms with Crippen LogP contribution in [0.4, 0.5) is 0 Å². The van der Waals surface area contributed by atoms with Gasteiger partial charge in [-0.05, 0) is 20.3 Å². The van der Waals surface area contributed by atoms with Crippen molar-refractivity contribution in [2.75, 3.05) is 6.61 Å². The zero-order chi connectivity index (χ0) is 11.8. The van der Waals surface area contributed by atoms with Crippen molar-refractivity contribution in [2.45, 2.75) is 39.3 Å². The summed E-state index contributed by atoms with van der Waals surface area (Å²) in [5.74, 6) is -0.280. The summed E-state index contributed by atoms with van der Waals surface area (Å²) >= 11 is 0. The molecule has 0 aromatic carbocycles. The molecule has 0 fully saturated rings. The Balaban J connectivity index is 4.02. The van der Waals surface area contributed by atoms with Crippen LogP contribution in [0.15, 0.2) is 5.16 Å². The number of amidine groups is 1. The highest BCUT2D eigenvalue weighted by Crippen LogP contribution is 1.92. The minimum absolute atomic E-state index is 0.000294. The molecule has 0 spiro atoms. The lowest BCUT2D eigenvalue weighted by Crippen LogP contribution is -2.45. The monoisotopic (exact) mass is 217 g/mol. The number of rotatable bonds is 6. The molecule has 0 aromatic rings. The van der Waals surface area contributed by atoms with Gasteiger partial charge in [0.05, 0.1) is 12.1 Å². The van der Waals surface area contributed by atoms with Crippen molar-refractivity contribution in [2.24, 2.45) is 10.9 Å². The minimum atomic E-state index is -0.446. The number of nitrogens with two attached hydrogens (primary N) is 1. The SMILES string of the molecule is CCC(NC(=O)COC(C)C)C(N)=NO. The summed E-state index contributed by atoms with van der Waals surface area (Å²) in [6.45, 7) is 5.49. The molecule has 1 atom stereocenters. The average molecular weight is 217 g/mol. The highest BCUT2D eigenvalue weighted by molar-refractivity contribution is 5.90. The highest BCUT2D eigenvalue weighted by Gasteiger charge is 2.14. The summed E-state index contributed by atoms with van der Waals surface area (Å²) < 4.78 is 5.11. The molecule has 0 aliphatic carbocycles. The molecule has 0 bridgehead atoms. The Morgan fingerprint density at radius 3 is 2.60 bits per heavy atom. The molecule has 0 saturated heterocycles. The standard InChI is InChI=1S/C9H19N3O3/c1-4-7(9(10)12-14)11-8(13)5-15-6(2)3/h6-7,14H,4-5H2,1-3H3,(H2,10,12)(H,11,13). The van der Waals surface area contributed by atoms with Gasteiger partial charge in [0.2, 0.25) is 5.91 Å². The molecule has 6 heteroatoms. The van der Waals surface area contributed by atoms with E-state index in [1.807, 2.05) is 20.8 Å². The van der Waals surface area contributed by atoms with E-state index in [1.54, 1.807) is 0 Å². The maximum atomic E-state index is 11.3. The van der Waals surface area contributed by atoms with Crippen LogP contribution in [-0.2, 0) is 9.53 Å². The Kier molecular flexibility index (Phi) is 6.44. The van der Waals surface area contributed by atoms with Crippen LogP contribution in [0.5, 0.6) is 0 Å². The third-order valence-corrected chi connectivity index (χ3v) is 1.76. The van der Waals surface area contributed by atoms with Crippen LogP contribution < -0.4 is 11.1 Å². The fourth-order valence-electron chi connectivity index (χ4n) is 0.933. The van der Waals surface area contributed by atoms with Gasteiger partial charge in [0, 0.05) is 0 Å². The van der Waals surface area contributed by atoms with Crippen molar-refractivity contribution in [3.8, 4) is 0 Å². The zero-order valence-corrected chi connectivity index (χ0v) is 9.36. The van der Waals surface area contributed by atoms with Gasteiger partial charge in [-0.1, -0.05) is 12.1 Å². The molecule has 0 heterocycles. The topological polar surface area (TPSA) is 96.9 Å². The third-order valence-electron chi connectivity index (χ3n) is 1.76. The molecule has 0 rings (SSSR count). The van der Waals surface area contributed by atoms with Crippen molar-refractivity contribution < 1.29 is 14.7 Å². The first-order valence-corrected chi connectivity index (χ1v) is 4.89. The van der Waals surface area contributed by atoms with Crippen LogP contribution in [0.2, 0.25) is 0 Å². The van der Waals surface area contributed by atoms with Crippen molar-refractivity contribution >= 4 is 11.7 Å². The Morgan fingerprint density at radius 2 is 2.20 bits per heavy atom. The van der Waals surface area contributed by atoms with Gasteiger partial charge < -0.3 is 21.0 Å². The quantitative estimate of drug-likeness (QED) is 0.253. The van der Waals surface area contributed by atoms with Gasteiger partial charge >= 0.3 is 0 Å². The zero-order valence-electron chi connectivity index (χ0n) is 9.36. The number of nitrogens with one attached hydrogen (secondary N) is 1. The van der Waals surface area contributed by atoms with Crippen molar-refractivity contribution in [3.63, 3.8) is 0 Å².